The molecule has 1 aliphatic rings. The highest BCUT2D eigenvalue weighted by molar-refractivity contribution is 6.00. The van der Waals surface area contributed by atoms with Crippen LogP contribution in [0.15, 0.2) is 11.6 Å². The van der Waals surface area contributed by atoms with Crippen molar-refractivity contribution in [1.82, 2.24) is 0 Å². The first-order valence-electron chi connectivity index (χ1n) is 6.51. The van der Waals surface area contributed by atoms with Crippen LogP contribution in [0.2, 0.25) is 0 Å². The SMILES string of the molecule is C/C(=C\C[C@@]1(C)CC(=O)CC(C)(C)C1=O)CC(=O)O. The molecule has 106 valence electrons. The van der Waals surface area contributed by atoms with E-state index in [0.717, 1.165) is 5.57 Å². The van der Waals surface area contributed by atoms with Crippen LogP contribution in [-0.2, 0) is 14.4 Å². The Hall–Kier alpha value is -1.45. The summed E-state index contributed by atoms with van der Waals surface area (Å²) in [6, 6.07) is 0. The molecule has 0 aromatic carbocycles. The zero-order chi connectivity index (χ0) is 14.8. The molecule has 0 saturated heterocycles. The molecule has 0 radical (unpaired) electrons. The number of aliphatic carboxylic acids is 1. The van der Waals surface area contributed by atoms with Crippen LogP contribution in [0.25, 0.3) is 0 Å². The van der Waals surface area contributed by atoms with E-state index >= 15 is 0 Å². The van der Waals surface area contributed by atoms with Crippen LogP contribution < -0.4 is 0 Å². The lowest BCUT2D eigenvalue weighted by atomic mass is 9.61. The van der Waals surface area contributed by atoms with Gasteiger partial charge in [-0.3, -0.25) is 14.4 Å². The predicted octanol–water partition coefficient (Wildman–Crippen LogP) is 2.76. The molecule has 0 aromatic rings. The van der Waals surface area contributed by atoms with Crippen molar-refractivity contribution in [1.29, 1.82) is 0 Å². The van der Waals surface area contributed by atoms with E-state index in [-0.39, 0.29) is 24.4 Å². The molecule has 1 N–H and O–H groups in total. The number of rotatable bonds is 4. The van der Waals surface area contributed by atoms with E-state index in [9.17, 15) is 14.4 Å². The van der Waals surface area contributed by atoms with Gasteiger partial charge in [0.15, 0.2) is 0 Å². The fourth-order valence-corrected chi connectivity index (χ4v) is 2.84. The largest absolute Gasteiger partial charge is 0.481 e. The number of Topliss-reactive ketones (excluding diaryl/α,β-unsaturated/α-hetero) is 2. The molecule has 4 nitrogen and oxygen atoms in total. The van der Waals surface area contributed by atoms with Crippen molar-refractivity contribution in [3.8, 4) is 0 Å². The van der Waals surface area contributed by atoms with E-state index in [0.29, 0.717) is 12.8 Å². The van der Waals surface area contributed by atoms with Gasteiger partial charge >= 0.3 is 5.97 Å². The third kappa shape index (κ3) is 3.75. The quantitative estimate of drug-likeness (QED) is 0.794. The number of allylic oxidation sites excluding steroid dienone is 1. The van der Waals surface area contributed by atoms with Crippen LogP contribution in [0, 0.1) is 10.8 Å². The van der Waals surface area contributed by atoms with Gasteiger partial charge in [0.05, 0.1) is 6.42 Å². The molecule has 1 fully saturated rings. The Labute approximate surface area is 113 Å². The molecule has 1 rings (SSSR count). The van der Waals surface area contributed by atoms with Crippen LogP contribution in [0.3, 0.4) is 0 Å². The smallest absolute Gasteiger partial charge is 0.307 e. The topological polar surface area (TPSA) is 71.4 Å². The lowest BCUT2D eigenvalue weighted by molar-refractivity contribution is -0.147. The second-order valence-corrected chi connectivity index (χ2v) is 6.49. The lowest BCUT2D eigenvalue weighted by Gasteiger charge is -2.39. The Morgan fingerprint density at radius 1 is 1.26 bits per heavy atom. The van der Waals surface area contributed by atoms with E-state index < -0.39 is 16.8 Å². The van der Waals surface area contributed by atoms with Gasteiger partial charge in [-0.05, 0) is 13.3 Å². The van der Waals surface area contributed by atoms with Gasteiger partial charge in [-0.25, -0.2) is 0 Å². The van der Waals surface area contributed by atoms with Gasteiger partial charge in [0.2, 0.25) is 0 Å². The summed E-state index contributed by atoms with van der Waals surface area (Å²) in [7, 11) is 0. The van der Waals surface area contributed by atoms with Crippen molar-refractivity contribution in [3.63, 3.8) is 0 Å². The summed E-state index contributed by atoms with van der Waals surface area (Å²) in [6.45, 7) is 7.15. The van der Waals surface area contributed by atoms with Gasteiger partial charge in [-0.1, -0.05) is 32.4 Å². The number of hydrogen-bond acceptors (Lipinski definition) is 3. The van der Waals surface area contributed by atoms with E-state index in [4.69, 9.17) is 5.11 Å². The molecule has 1 atom stereocenters. The van der Waals surface area contributed by atoms with Crippen molar-refractivity contribution in [2.45, 2.75) is 53.4 Å². The summed E-state index contributed by atoms with van der Waals surface area (Å²) in [5.74, 6) is -0.680. The first-order chi connectivity index (χ1) is 8.57. The maximum absolute atomic E-state index is 12.5. The number of carboxylic acid groups (broad SMARTS) is 1. The van der Waals surface area contributed by atoms with Gasteiger partial charge in [0, 0.05) is 23.7 Å². The van der Waals surface area contributed by atoms with Gasteiger partial charge in [0.25, 0.3) is 0 Å². The molecule has 0 heterocycles. The Kier molecular flexibility index (Phi) is 4.33. The lowest BCUT2D eigenvalue weighted by Crippen LogP contribution is -2.46. The molecule has 19 heavy (non-hydrogen) atoms. The predicted molar refractivity (Wildman–Crippen MR) is 71.8 cm³/mol. The first-order valence-corrected chi connectivity index (χ1v) is 6.51. The first kappa shape index (κ1) is 15.6. The van der Waals surface area contributed by atoms with Crippen molar-refractivity contribution in [2.75, 3.05) is 0 Å². The molecule has 1 saturated carbocycles. The summed E-state index contributed by atoms with van der Waals surface area (Å²) in [5.41, 5.74) is -0.589. The number of carbonyl (C=O) groups excluding carboxylic acids is 2. The van der Waals surface area contributed by atoms with E-state index in [1.165, 1.54) is 0 Å². The van der Waals surface area contributed by atoms with Gasteiger partial charge in [0.1, 0.15) is 11.6 Å². The Morgan fingerprint density at radius 2 is 1.84 bits per heavy atom. The van der Waals surface area contributed by atoms with Crippen LogP contribution in [0.1, 0.15) is 53.4 Å². The van der Waals surface area contributed by atoms with E-state index in [1.807, 2.05) is 0 Å². The van der Waals surface area contributed by atoms with Crippen molar-refractivity contribution in [2.24, 2.45) is 10.8 Å². The third-order valence-corrected chi connectivity index (χ3v) is 3.72. The highest BCUT2D eigenvalue weighted by Gasteiger charge is 2.48. The zero-order valence-electron chi connectivity index (χ0n) is 12.1. The maximum Gasteiger partial charge on any atom is 0.307 e. The molecule has 0 amide bonds. The summed E-state index contributed by atoms with van der Waals surface area (Å²) >= 11 is 0. The van der Waals surface area contributed by atoms with Gasteiger partial charge in [-0.15, -0.1) is 0 Å². The number of carbonyl (C=O) groups is 3. The molecule has 0 unspecified atom stereocenters. The van der Waals surface area contributed by atoms with Gasteiger partial charge in [-0.2, -0.15) is 0 Å². The summed E-state index contributed by atoms with van der Waals surface area (Å²) in [6.07, 6.45) is 2.74. The normalized spacial score (nSPS) is 27.5. The van der Waals surface area contributed by atoms with Crippen molar-refractivity contribution < 1.29 is 19.5 Å². The van der Waals surface area contributed by atoms with E-state index in [1.54, 1.807) is 33.8 Å². The molecular formula is C15H22O4. The third-order valence-electron chi connectivity index (χ3n) is 3.72. The molecule has 0 bridgehead atoms. The molecular weight excluding hydrogens is 244 g/mol. The van der Waals surface area contributed by atoms with Crippen LogP contribution in [0.4, 0.5) is 0 Å². The second kappa shape index (κ2) is 5.27. The minimum Gasteiger partial charge on any atom is -0.481 e. The fraction of sp³-hybridized carbons (Fsp3) is 0.667. The highest BCUT2D eigenvalue weighted by atomic mass is 16.4. The number of hydrogen-bond donors (Lipinski definition) is 1. The molecule has 4 heteroatoms. The number of carboxylic acids is 1. The van der Waals surface area contributed by atoms with E-state index in [2.05, 4.69) is 0 Å². The molecule has 0 aliphatic heterocycles. The Morgan fingerprint density at radius 3 is 2.37 bits per heavy atom. The average molecular weight is 266 g/mol. The second-order valence-electron chi connectivity index (χ2n) is 6.49. The van der Waals surface area contributed by atoms with Crippen molar-refractivity contribution in [3.05, 3.63) is 11.6 Å². The zero-order valence-corrected chi connectivity index (χ0v) is 12.1. The highest BCUT2D eigenvalue weighted by Crippen LogP contribution is 2.43. The van der Waals surface area contributed by atoms with Crippen LogP contribution >= 0.6 is 0 Å². The molecule has 0 spiro atoms. The standard InChI is InChI=1S/C15H22O4/c1-10(7-12(17)18)5-6-15(4)9-11(16)8-14(2,3)13(15)19/h5H,6-9H2,1-4H3,(H,17,18)/b10-5+/t15-/m0/s1. The average Bonchev–Trinajstić information content (AvgIpc) is 2.22. The maximum atomic E-state index is 12.5. The minimum atomic E-state index is -0.884. The summed E-state index contributed by atoms with van der Waals surface area (Å²) in [5, 5.41) is 8.70. The van der Waals surface area contributed by atoms with Crippen LogP contribution in [0.5, 0.6) is 0 Å². The number of ketones is 2. The Balaban J connectivity index is 2.88. The summed E-state index contributed by atoms with van der Waals surface area (Å²) in [4.78, 5) is 34.8. The fourth-order valence-electron chi connectivity index (χ4n) is 2.84. The van der Waals surface area contributed by atoms with Crippen LogP contribution in [-0.4, -0.2) is 22.6 Å². The monoisotopic (exact) mass is 266 g/mol. The van der Waals surface area contributed by atoms with Crippen molar-refractivity contribution >= 4 is 17.5 Å². The molecule has 1 aliphatic carbocycles. The minimum absolute atomic E-state index is 0.0262. The Bertz CT molecular complexity index is 445. The molecule has 0 aromatic heterocycles. The van der Waals surface area contributed by atoms with Gasteiger partial charge < -0.3 is 5.11 Å². The summed E-state index contributed by atoms with van der Waals surface area (Å²) < 4.78 is 0.